The van der Waals surface area contributed by atoms with Crippen molar-refractivity contribution in [2.24, 2.45) is 0 Å². The second-order valence-electron chi connectivity index (χ2n) is 2.91. The normalized spacial score (nSPS) is 10.3. The lowest BCUT2D eigenvalue weighted by atomic mass is 10.1. The van der Waals surface area contributed by atoms with Gasteiger partial charge in [-0.2, -0.15) is 0 Å². The van der Waals surface area contributed by atoms with Crippen LogP contribution in [0.1, 0.15) is 12.0 Å². The van der Waals surface area contributed by atoms with Gasteiger partial charge < -0.3 is 9.84 Å². The van der Waals surface area contributed by atoms with Gasteiger partial charge in [0.1, 0.15) is 5.75 Å². The molecule has 14 heavy (non-hydrogen) atoms. The number of halogens is 2. The van der Waals surface area contributed by atoms with E-state index in [1.165, 1.54) is 0 Å². The SMILES string of the molecule is COc1c(Br)cc(Br)cc1CCCO. The quantitative estimate of drug-likeness (QED) is 0.922. The van der Waals surface area contributed by atoms with Gasteiger partial charge in [-0.05, 0) is 46.5 Å². The average Bonchev–Trinajstić information content (AvgIpc) is 2.14. The van der Waals surface area contributed by atoms with E-state index < -0.39 is 0 Å². The number of aliphatic hydroxyl groups excluding tert-OH is 1. The Kier molecular flexibility index (Phi) is 4.92. The minimum atomic E-state index is 0.202. The summed E-state index contributed by atoms with van der Waals surface area (Å²) >= 11 is 6.85. The molecule has 1 N–H and O–H groups in total. The summed E-state index contributed by atoms with van der Waals surface area (Å²) in [5.74, 6) is 0.849. The van der Waals surface area contributed by atoms with Crippen LogP contribution in [0.4, 0.5) is 0 Å². The summed E-state index contributed by atoms with van der Waals surface area (Å²) in [7, 11) is 1.65. The van der Waals surface area contributed by atoms with Gasteiger partial charge in [0.2, 0.25) is 0 Å². The van der Waals surface area contributed by atoms with Crippen molar-refractivity contribution in [3.05, 3.63) is 26.6 Å². The molecule has 0 saturated heterocycles. The zero-order chi connectivity index (χ0) is 10.6. The second-order valence-corrected chi connectivity index (χ2v) is 4.68. The van der Waals surface area contributed by atoms with E-state index in [1.807, 2.05) is 12.1 Å². The lowest BCUT2D eigenvalue weighted by Crippen LogP contribution is -1.95. The third-order valence-corrected chi connectivity index (χ3v) is 2.94. The van der Waals surface area contributed by atoms with Crippen LogP contribution in [0.5, 0.6) is 5.75 Å². The zero-order valence-corrected chi connectivity index (χ0v) is 11.1. The highest BCUT2D eigenvalue weighted by Crippen LogP contribution is 2.33. The molecule has 0 aromatic heterocycles. The Labute approximate surface area is 101 Å². The minimum Gasteiger partial charge on any atom is -0.495 e. The third kappa shape index (κ3) is 2.97. The largest absolute Gasteiger partial charge is 0.495 e. The Morgan fingerprint density at radius 2 is 2.07 bits per heavy atom. The smallest absolute Gasteiger partial charge is 0.136 e. The molecule has 78 valence electrons. The molecule has 0 fully saturated rings. The van der Waals surface area contributed by atoms with E-state index in [0.29, 0.717) is 0 Å². The van der Waals surface area contributed by atoms with Gasteiger partial charge in [-0.25, -0.2) is 0 Å². The molecule has 1 aromatic carbocycles. The van der Waals surface area contributed by atoms with Crippen molar-refractivity contribution in [1.82, 2.24) is 0 Å². The summed E-state index contributed by atoms with van der Waals surface area (Å²) in [6.07, 6.45) is 1.57. The highest BCUT2D eigenvalue weighted by atomic mass is 79.9. The molecule has 0 radical (unpaired) electrons. The minimum absolute atomic E-state index is 0.202. The zero-order valence-electron chi connectivity index (χ0n) is 7.89. The van der Waals surface area contributed by atoms with Crippen LogP contribution in [0.25, 0.3) is 0 Å². The van der Waals surface area contributed by atoms with E-state index >= 15 is 0 Å². The molecule has 2 nitrogen and oxygen atoms in total. The Morgan fingerprint density at radius 1 is 1.36 bits per heavy atom. The number of hydrogen-bond donors (Lipinski definition) is 1. The summed E-state index contributed by atoms with van der Waals surface area (Å²) in [5, 5.41) is 8.77. The van der Waals surface area contributed by atoms with Crippen LogP contribution in [-0.4, -0.2) is 18.8 Å². The molecule has 0 aliphatic rings. The van der Waals surface area contributed by atoms with E-state index in [2.05, 4.69) is 31.9 Å². The number of ether oxygens (including phenoxy) is 1. The maximum absolute atomic E-state index is 8.77. The van der Waals surface area contributed by atoms with Gasteiger partial charge in [0.15, 0.2) is 0 Å². The molecule has 0 spiro atoms. The summed E-state index contributed by atoms with van der Waals surface area (Å²) in [6.45, 7) is 0.202. The Balaban J connectivity index is 2.99. The molecule has 1 aromatic rings. The topological polar surface area (TPSA) is 29.5 Å². The lowest BCUT2D eigenvalue weighted by Gasteiger charge is -2.10. The molecular weight excluding hydrogens is 312 g/mol. The fraction of sp³-hybridized carbons (Fsp3) is 0.400. The fourth-order valence-corrected chi connectivity index (χ4v) is 2.77. The van der Waals surface area contributed by atoms with Crippen molar-refractivity contribution >= 4 is 31.9 Å². The fourth-order valence-electron chi connectivity index (χ4n) is 1.30. The molecule has 0 aliphatic carbocycles. The maximum atomic E-state index is 8.77. The summed E-state index contributed by atoms with van der Waals surface area (Å²) in [5.41, 5.74) is 1.10. The van der Waals surface area contributed by atoms with Gasteiger partial charge in [0.05, 0.1) is 11.6 Å². The van der Waals surface area contributed by atoms with Crippen molar-refractivity contribution in [3.8, 4) is 5.75 Å². The third-order valence-electron chi connectivity index (χ3n) is 1.89. The van der Waals surface area contributed by atoms with Crippen molar-refractivity contribution < 1.29 is 9.84 Å². The van der Waals surface area contributed by atoms with E-state index in [1.54, 1.807) is 7.11 Å². The van der Waals surface area contributed by atoms with Crippen LogP contribution < -0.4 is 4.74 Å². The molecular formula is C10H12Br2O2. The predicted octanol–water partition coefficient (Wildman–Crippen LogP) is 3.15. The van der Waals surface area contributed by atoms with Crippen LogP contribution in [0.2, 0.25) is 0 Å². The molecule has 0 unspecified atom stereocenters. The van der Waals surface area contributed by atoms with Gasteiger partial charge in [-0.1, -0.05) is 15.9 Å². The first-order chi connectivity index (χ1) is 6.69. The first-order valence-corrected chi connectivity index (χ1v) is 5.90. The van der Waals surface area contributed by atoms with Gasteiger partial charge in [-0.3, -0.25) is 0 Å². The summed E-state index contributed by atoms with van der Waals surface area (Å²) in [6, 6.07) is 3.96. The molecule has 0 bridgehead atoms. The van der Waals surface area contributed by atoms with Crippen LogP contribution in [0, 0.1) is 0 Å². The van der Waals surface area contributed by atoms with Gasteiger partial charge in [-0.15, -0.1) is 0 Å². The second kappa shape index (κ2) is 5.73. The van der Waals surface area contributed by atoms with Crippen molar-refractivity contribution in [2.75, 3.05) is 13.7 Å². The molecule has 0 saturated carbocycles. The maximum Gasteiger partial charge on any atom is 0.136 e. The van der Waals surface area contributed by atoms with Gasteiger partial charge in [0.25, 0.3) is 0 Å². The Morgan fingerprint density at radius 3 is 2.64 bits per heavy atom. The van der Waals surface area contributed by atoms with Gasteiger partial charge in [0, 0.05) is 11.1 Å². The lowest BCUT2D eigenvalue weighted by molar-refractivity contribution is 0.287. The average molecular weight is 324 g/mol. The van der Waals surface area contributed by atoms with E-state index in [9.17, 15) is 0 Å². The van der Waals surface area contributed by atoms with Crippen molar-refractivity contribution in [2.45, 2.75) is 12.8 Å². The predicted molar refractivity (Wildman–Crippen MR) is 63.8 cm³/mol. The van der Waals surface area contributed by atoms with E-state index in [0.717, 1.165) is 33.1 Å². The number of aryl methyl sites for hydroxylation is 1. The number of hydrogen-bond acceptors (Lipinski definition) is 2. The number of aliphatic hydroxyl groups is 1. The highest BCUT2D eigenvalue weighted by molar-refractivity contribution is 9.11. The van der Waals surface area contributed by atoms with Crippen LogP contribution in [-0.2, 0) is 6.42 Å². The molecule has 0 aliphatic heterocycles. The Bertz CT molecular complexity index is 313. The summed E-state index contributed by atoms with van der Waals surface area (Å²) in [4.78, 5) is 0. The van der Waals surface area contributed by atoms with E-state index in [-0.39, 0.29) is 6.61 Å². The van der Waals surface area contributed by atoms with Gasteiger partial charge >= 0.3 is 0 Å². The molecule has 4 heteroatoms. The van der Waals surface area contributed by atoms with E-state index in [4.69, 9.17) is 9.84 Å². The monoisotopic (exact) mass is 322 g/mol. The molecule has 1 rings (SSSR count). The van der Waals surface area contributed by atoms with Crippen molar-refractivity contribution in [1.29, 1.82) is 0 Å². The summed E-state index contributed by atoms with van der Waals surface area (Å²) < 4.78 is 7.22. The van der Waals surface area contributed by atoms with Crippen LogP contribution in [0.15, 0.2) is 21.1 Å². The van der Waals surface area contributed by atoms with Crippen molar-refractivity contribution in [3.63, 3.8) is 0 Å². The first kappa shape index (κ1) is 12.0. The molecule has 0 amide bonds. The number of methoxy groups -OCH3 is 1. The Hall–Kier alpha value is -0.0600. The van der Waals surface area contributed by atoms with Crippen LogP contribution in [0.3, 0.4) is 0 Å². The molecule has 0 heterocycles. The van der Waals surface area contributed by atoms with Crippen LogP contribution >= 0.6 is 31.9 Å². The number of benzene rings is 1. The first-order valence-electron chi connectivity index (χ1n) is 4.31. The highest BCUT2D eigenvalue weighted by Gasteiger charge is 2.08. The standard InChI is InChI=1S/C10H12Br2O2/c1-14-10-7(3-2-4-13)5-8(11)6-9(10)12/h5-6,13H,2-4H2,1H3. The molecule has 0 atom stereocenters. The number of rotatable bonds is 4.